The number of guanidine groups is 1. The molecule has 0 spiro atoms. The van der Waals surface area contributed by atoms with Crippen molar-refractivity contribution in [3.8, 4) is 0 Å². The number of sulfone groups is 1. The molecule has 0 unspecified atom stereocenters. The minimum atomic E-state index is -4.32. The Bertz CT molecular complexity index is 735. The molecular weight excluding hydrogens is 393 g/mol. The fourth-order valence-corrected chi connectivity index (χ4v) is 4.08. The van der Waals surface area contributed by atoms with Crippen molar-refractivity contribution < 1.29 is 21.6 Å². The van der Waals surface area contributed by atoms with Crippen LogP contribution in [-0.4, -0.2) is 70.1 Å². The molecule has 6 nitrogen and oxygen atoms in total. The maximum Gasteiger partial charge on any atom is 0.416 e. The molecule has 1 aromatic carbocycles. The zero-order chi connectivity index (χ0) is 20.6. The lowest BCUT2D eigenvalue weighted by Gasteiger charge is -2.25. The highest BCUT2D eigenvalue weighted by molar-refractivity contribution is 7.91. The number of aliphatic imine (C=N–C) groups is 1. The van der Waals surface area contributed by atoms with Gasteiger partial charge in [0.2, 0.25) is 0 Å². The molecule has 0 saturated carbocycles. The van der Waals surface area contributed by atoms with E-state index in [9.17, 15) is 21.6 Å². The third kappa shape index (κ3) is 7.67. The second-order valence-electron chi connectivity index (χ2n) is 6.63. The Kier molecular flexibility index (Phi) is 8.11. The number of nitrogens with one attached hydrogen (secondary N) is 2. The van der Waals surface area contributed by atoms with Gasteiger partial charge in [-0.3, -0.25) is 9.89 Å². The zero-order valence-electron chi connectivity index (χ0n) is 15.9. The Labute approximate surface area is 164 Å². The van der Waals surface area contributed by atoms with Gasteiger partial charge in [0.25, 0.3) is 0 Å². The van der Waals surface area contributed by atoms with Crippen molar-refractivity contribution in [3.05, 3.63) is 35.4 Å². The molecule has 10 heteroatoms. The van der Waals surface area contributed by atoms with Gasteiger partial charge in [0.05, 0.1) is 23.6 Å². The molecular formula is C18H27F3N4O2S. The molecule has 2 N–H and O–H groups in total. The van der Waals surface area contributed by atoms with Crippen molar-refractivity contribution in [3.63, 3.8) is 0 Å². The molecule has 1 fully saturated rings. The van der Waals surface area contributed by atoms with Crippen molar-refractivity contribution in [1.82, 2.24) is 15.5 Å². The van der Waals surface area contributed by atoms with E-state index >= 15 is 0 Å². The maximum atomic E-state index is 12.6. The summed E-state index contributed by atoms with van der Waals surface area (Å²) in [4.78, 5) is 6.56. The molecule has 1 saturated heterocycles. The van der Waals surface area contributed by atoms with Crippen LogP contribution >= 0.6 is 0 Å². The molecule has 158 valence electrons. The van der Waals surface area contributed by atoms with Gasteiger partial charge >= 0.3 is 6.18 Å². The predicted molar refractivity (Wildman–Crippen MR) is 104 cm³/mol. The molecule has 2 rings (SSSR count). The fraction of sp³-hybridized carbons (Fsp3) is 0.611. The molecule has 0 aliphatic carbocycles. The first-order chi connectivity index (χ1) is 13.2. The number of nitrogens with zero attached hydrogens (tertiary/aromatic N) is 2. The second-order valence-corrected chi connectivity index (χ2v) is 8.93. The topological polar surface area (TPSA) is 73.8 Å². The van der Waals surface area contributed by atoms with Gasteiger partial charge < -0.3 is 10.6 Å². The van der Waals surface area contributed by atoms with E-state index in [-0.39, 0.29) is 11.5 Å². The Morgan fingerprint density at radius 1 is 1.14 bits per heavy atom. The van der Waals surface area contributed by atoms with Crippen molar-refractivity contribution >= 4 is 15.8 Å². The van der Waals surface area contributed by atoms with Crippen LogP contribution in [0.2, 0.25) is 0 Å². The predicted octanol–water partition coefficient (Wildman–Crippen LogP) is 1.53. The molecule has 0 atom stereocenters. The monoisotopic (exact) mass is 420 g/mol. The van der Waals surface area contributed by atoms with Crippen molar-refractivity contribution in [2.24, 2.45) is 4.99 Å². The molecule has 1 aromatic rings. The summed E-state index contributed by atoms with van der Waals surface area (Å²) in [6, 6.07) is 5.15. The second kappa shape index (κ2) is 10.1. The maximum absolute atomic E-state index is 12.6. The summed E-state index contributed by atoms with van der Waals surface area (Å²) in [6.07, 6.45) is -3.74. The van der Waals surface area contributed by atoms with E-state index in [0.29, 0.717) is 51.6 Å². The van der Waals surface area contributed by atoms with E-state index in [0.717, 1.165) is 17.7 Å². The van der Waals surface area contributed by atoms with E-state index in [2.05, 4.69) is 20.5 Å². The van der Waals surface area contributed by atoms with Crippen LogP contribution in [-0.2, 0) is 22.4 Å². The molecule has 0 radical (unpaired) electrons. The molecule has 0 aromatic heterocycles. The number of hydrogen-bond donors (Lipinski definition) is 2. The molecule has 0 bridgehead atoms. The normalized spacial score (nSPS) is 18.1. The summed E-state index contributed by atoms with van der Waals surface area (Å²) < 4.78 is 60.6. The van der Waals surface area contributed by atoms with E-state index in [1.807, 2.05) is 6.92 Å². The van der Waals surface area contributed by atoms with Crippen LogP contribution in [0.3, 0.4) is 0 Å². The molecule has 1 aliphatic heterocycles. The number of rotatable bonds is 7. The lowest BCUT2D eigenvalue weighted by Crippen LogP contribution is -2.42. The zero-order valence-corrected chi connectivity index (χ0v) is 16.7. The summed E-state index contributed by atoms with van der Waals surface area (Å²) in [7, 11) is -2.88. The first-order valence-corrected chi connectivity index (χ1v) is 11.1. The van der Waals surface area contributed by atoms with E-state index in [4.69, 9.17) is 0 Å². The van der Waals surface area contributed by atoms with Crippen molar-refractivity contribution in [1.29, 1.82) is 0 Å². The van der Waals surface area contributed by atoms with Crippen LogP contribution in [0.25, 0.3) is 0 Å². The standard InChI is InChI=1S/C18H27F3N4O2S/c1-2-22-17(24-9-10-25-11-13-28(26,27)14-12-25)23-8-7-15-3-5-16(6-4-15)18(19,20)21/h3-6H,2,7-14H2,1H3,(H2,22,23,24). The SMILES string of the molecule is CCNC(=NCCN1CCS(=O)(=O)CC1)NCCc1ccc(C(F)(F)F)cc1. The Morgan fingerprint density at radius 3 is 2.36 bits per heavy atom. The van der Waals surface area contributed by atoms with Gasteiger partial charge in [-0.2, -0.15) is 13.2 Å². The van der Waals surface area contributed by atoms with Gasteiger partial charge in [-0.15, -0.1) is 0 Å². The summed E-state index contributed by atoms with van der Waals surface area (Å²) in [5.74, 6) is 1.03. The minimum Gasteiger partial charge on any atom is -0.357 e. The van der Waals surface area contributed by atoms with E-state index < -0.39 is 21.6 Å². The quantitative estimate of drug-likeness (QED) is 0.517. The number of halogens is 3. The molecule has 1 heterocycles. The van der Waals surface area contributed by atoms with E-state index in [1.54, 1.807) is 0 Å². The first-order valence-electron chi connectivity index (χ1n) is 9.31. The Hall–Kier alpha value is -1.81. The minimum absolute atomic E-state index is 0.197. The first kappa shape index (κ1) is 22.5. The van der Waals surface area contributed by atoms with Gasteiger partial charge in [0, 0.05) is 32.7 Å². The Balaban J connectivity index is 1.76. The van der Waals surface area contributed by atoms with Gasteiger partial charge in [-0.1, -0.05) is 12.1 Å². The fourth-order valence-electron chi connectivity index (χ4n) is 2.80. The smallest absolute Gasteiger partial charge is 0.357 e. The highest BCUT2D eigenvalue weighted by atomic mass is 32.2. The number of alkyl halides is 3. The third-order valence-electron chi connectivity index (χ3n) is 4.45. The summed E-state index contributed by atoms with van der Waals surface area (Å²) in [6.45, 7) is 5.47. The number of hydrogen-bond acceptors (Lipinski definition) is 4. The average Bonchev–Trinajstić information content (AvgIpc) is 2.63. The van der Waals surface area contributed by atoms with E-state index in [1.165, 1.54) is 12.1 Å². The summed E-state index contributed by atoms with van der Waals surface area (Å²) in [5.41, 5.74) is 0.162. The van der Waals surface area contributed by atoms with Crippen LogP contribution < -0.4 is 10.6 Å². The van der Waals surface area contributed by atoms with Crippen LogP contribution in [0.15, 0.2) is 29.3 Å². The van der Waals surface area contributed by atoms with Gasteiger partial charge in [0.15, 0.2) is 15.8 Å². The van der Waals surface area contributed by atoms with Crippen LogP contribution in [0, 0.1) is 0 Å². The van der Waals surface area contributed by atoms with Crippen molar-refractivity contribution in [2.45, 2.75) is 19.5 Å². The van der Waals surface area contributed by atoms with Crippen molar-refractivity contribution in [2.75, 3.05) is 50.8 Å². The van der Waals surface area contributed by atoms with Crippen LogP contribution in [0.1, 0.15) is 18.1 Å². The largest absolute Gasteiger partial charge is 0.416 e. The molecule has 0 amide bonds. The number of benzene rings is 1. The summed E-state index contributed by atoms with van der Waals surface area (Å²) in [5, 5.41) is 6.29. The highest BCUT2D eigenvalue weighted by Crippen LogP contribution is 2.29. The van der Waals surface area contributed by atoms with Gasteiger partial charge in [-0.25, -0.2) is 8.42 Å². The highest BCUT2D eigenvalue weighted by Gasteiger charge is 2.29. The van der Waals surface area contributed by atoms with Crippen LogP contribution in [0.5, 0.6) is 0 Å². The van der Waals surface area contributed by atoms with Crippen LogP contribution in [0.4, 0.5) is 13.2 Å². The third-order valence-corrected chi connectivity index (χ3v) is 6.06. The summed E-state index contributed by atoms with van der Waals surface area (Å²) >= 11 is 0. The molecule has 1 aliphatic rings. The van der Waals surface area contributed by atoms with Gasteiger partial charge in [-0.05, 0) is 31.0 Å². The lowest BCUT2D eigenvalue weighted by atomic mass is 10.1. The average molecular weight is 421 g/mol. The Morgan fingerprint density at radius 2 is 1.79 bits per heavy atom. The molecule has 28 heavy (non-hydrogen) atoms. The van der Waals surface area contributed by atoms with Gasteiger partial charge in [0.1, 0.15) is 0 Å². The lowest BCUT2D eigenvalue weighted by molar-refractivity contribution is -0.137.